The highest BCUT2D eigenvalue weighted by atomic mass is 16.1. The van der Waals surface area contributed by atoms with E-state index in [1.54, 1.807) is 0 Å². The first kappa shape index (κ1) is 18.9. The number of amides is 1. The molecule has 0 atom stereocenters. The smallest absolute Gasteiger partial charge is 0.217 e. The molecule has 2 heteroatoms. The first-order valence-corrected chi connectivity index (χ1v) is 8.35. The summed E-state index contributed by atoms with van der Waals surface area (Å²) in [5.41, 5.74) is 5.09. The van der Waals surface area contributed by atoms with Crippen molar-refractivity contribution in [2.24, 2.45) is 5.73 Å². The lowest BCUT2D eigenvalue weighted by Crippen LogP contribution is -2.09. The Balaban J connectivity index is 3.19. The van der Waals surface area contributed by atoms with Crippen LogP contribution in [0, 0.1) is 0 Å². The minimum absolute atomic E-state index is 0.175. The van der Waals surface area contributed by atoms with Crippen LogP contribution in [0.5, 0.6) is 0 Å². The van der Waals surface area contributed by atoms with Crippen LogP contribution in [0.15, 0.2) is 24.3 Å². The molecule has 0 aliphatic heterocycles. The Labute approximate surface area is 125 Å². The summed E-state index contributed by atoms with van der Waals surface area (Å²) in [6.07, 6.45) is 23.0. The summed E-state index contributed by atoms with van der Waals surface area (Å²) in [6, 6.07) is 0. The van der Waals surface area contributed by atoms with E-state index in [2.05, 4.69) is 31.2 Å². The van der Waals surface area contributed by atoms with Crippen LogP contribution in [-0.4, -0.2) is 5.91 Å². The van der Waals surface area contributed by atoms with Crippen LogP contribution in [0.1, 0.15) is 84.0 Å². The minimum Gasteiger partial charge on any atom is -0.370 e. The van der Waals surface area contributed by atoms with Gasteiger partial charge < -0.3 is 5.73 Å². The highest BCUT2D eigenvalue weighted by Gasteiger charge is 1.93. The van der Waals surface area contributed by atoms with Crippen LogP contribution in [0.25, 0.3) is 0 Å². The fraction of sp³-hybridized carbons (Fsp3) is 0.722. The molecule has 0 aliphatic rings. The molecule has 0 rings (SSSR count). The van der Waals surface area contributed by atoms with Crippen molar-refractivity contribution in [3.63, 3.8) is 0 Å². The predicted molar refractivity (Wildman–Crippen MR) is 88.6 cm³/mol. The summed E-state index contributed by atoms with van der Waals surface area (Å²) < 4.78 is 0. The van der Waals surface area contributed by atoms with Crippen molar-refractivity contribution in [1.29, 1.82) is 0 Å². The highest BCUT2D eigenvalue weighted by molar-refractivity contribution is 5.73. The Morgan fingerprint density at radius 1 is 0.800 bits per heavy atom. The molecular weight excluding hydrogens is 246 g/mol. The fourth-order valence-corrected chi connectivity index (χ4v) is 2.11. The molecule has 0 aromatic carbocycles. The van der Waals surface area contributed by atoms with E-state index in [1.165, 1.54) is 44.9 Å². The number of hydrogen-bond acceptors (Lipinski definition) is 1. The number of hydrogen-bond donors (Lipinski definition) is 1. The zero-order valence-corrected chi connectivity index (χ0v) is 13.3. The molecule has 0 spiro atoms. The van der Waals surface area contributed by atoms with Crippen molar-refractivity contribution in [2.75, 3.05) is 0 Å². The van der Waals surface area contributed by atoms with Gasteiger partial charge in [0.15, 0.2) is 0 Å². The number of primary amides is 1. The van der Waals surface area contributed by atoms with Crippen molar-refractivity contribution in [3.8, 4) is 0 Å². The molecular formula is C18H33NO. The fourth-order valence-electron chi connectivity index (χ4n) is 2.11. The Bertz CT molecular complexity index is 269. The van der Waals surface area contributed by atoms with Gasteiger partial charge in [0.1, 0.15) is 0 Å². The van der Waals surface area contributed by atoms with Crippen molar-refractivity contribution in [1.82, 2.24) is 0 Å². The van der Waals surface area contributed by atoms with E-state index >= 15 is 0 Å². The third kappa shape index (κ3) is 16.9. The monoisotopic (exact) mass is 279 g/mol. The molecule has 0 unspecified atom stereocenters. The van der Waals surface area contributed by atoms with Crippen molar-refractivity contribution in [2.45, 2.75) is 84.0 Å². The van der Waals surface area contributed by atoms with Gasteiger partial charge in [0.2, 0.25) is 5.91 Å². The lowest BCUT2D eigenvalue weighted by molar-refractivity contribution is -0.118. The first-order chi connectivity index (χ1) is 9.77. The van der Waals surface area contributed by atoms with Crippen LogP contribution >= 0.6 is 0 Å². The molecule has 0 saturated carbocycles. The van der Waals surface area contributed by atoms with E-state index in [-0.39, 0.29) is 5.91 Å². The topological polar surface area (TPSA) is 43.1 Å². The van der Waals surface area contributed by atoms with Crippen LogP contribution in [0.2, 0.25) is 0 Å². The van der Waals surface area contributed by atoms with Gasteiger partial charge in [-0.2, -0.15) is 0 Å². The van der Waals surface area contributed by atoms with Gasteiger partial charge in [-0.15, -0.1) is 0 Å². The van der Waals surface area contributed by atoms with Crippen LogP contribution in [0.3, 0.4) is 0 Å². The quantitative estimate of drug-likeness (QED) is 0.341. The summed E-state index contributed by atoms with van der Waals surface area (Å²) in [5, 5.41) is 0. The standard InChI is InChI=1S/C18H33NO/c1-2-3-4-5-6-7-8-9-10-11-12-13-14-15-16-17-18(19)20/h7-8,10-11H,2-6,9,12-17H2,1H3,(H2,19,20)/b8-7-,11-10-. The number of unbranched alkanes of at least 4 members (excludes halogenated alkanes) is 8. The van der Waals surface area contributed by atoms with Gasteiger partial charge in [-0.25, -0.2) is 0 Å². The lowest BCUT2D eigenvalue weighted by Gasteiger charge is -1.97. The van der Waals surface area contributed by atoms with Crippen LogP contribution < -0.4 is 5.73 Å². The normalized spacial score (nSPS) is 11.7. The maximum Gasteiger partial charge on any atom is 0.217 e. The molecule has 0 radical (unpaired) electrons. The van der Waals surface area contributed by atoms with E-state index < -0.39 is 0 Å². The number of nitrogens with two attached hydrogens (primary N) is 1. The summed E-state index contributed by atoms with van der Waals surface area (Å²) in [5.74, 6) is -0.175. The molecule has 0 aliphatic carbocycles. The Hall–Kier alpha value is -1.05. The molecule has 20 heavy (non-hydrogen) atoms. The molecule has 2 N–H and O–H groups in total. The summed E-state index contributed by atoms with van der Waals surface area (Å²) in [7, 11) is 0. The summed E-state index contributed by atoms with van der Waals surface area (Å²) >= 11 is 0. The van der Waals surface area contributed by atoms with Gasteiger partial charge in [0.25, 0.3) is 0 Å². The predicted octanol–water partition coefficient (Wildman–Crippen LogP) is 5.29. The van der Waals surface area contributed by atoms with E-state index in [9.17, 15) is 4.79 Å². The van der Waals surface area contributed by atoms with E-state index in [1.807, 2.05) is 0 Å². The van der Waals surface area contributed by atoms with E-state index in [0.717, 1.165) is 25.7 Å². The molecule has 0 saturated heterocycles. The van der Waals surface area contributed by atoms with Crippen LogP contribution in [-0.2, 0) is 4.79 Å². The van der Waals surface area contributed by atoms with Gasteiger partial charge in [0.05, 0.1) is 0 Å². The van der Waals surface area contributed by atoms with Gasteiger partial charge in [-0.1, -0.05) is 63.3 Å². The number of carbonyl (C=O) groups excluding carboxylic acids is 1. The van der Waals surface area contributed by atoms with Crippen molar-refractivity contribution < 1.29 is 4.79 Å². The third-order valence-corrected chi connectivity index (χ3v) is 3.37. The average Bonchev–Trinajstić information content (AvgIpc) is 2.43. The molecule has 0 aromatic rings. The number of rotatable bonds is 14. The number of carbonyl (C=O) groups is 1. The first-order valence-electron chi connectivity index (χ1n) is 8.35. The summed E-state index contributed by atoms with van der Waals surface area (Å²) in [4.78, 5) is 10.5. The Morgan fingerprint density at radius 2 is 1.35 bits per heavy atom. The molecule has 2 nitrogen and oxygen atoms in total. The Morgan fingerprint density at radius 3 is 1.90 bits per heavy atom. The van der Waals surface area contributed by atoms with Crippen molar-refractivity contribution in [3.05, 3.63) is 24.3 Å². The molecule has 0 bridgehead atoms. The second kappa shape index (κ2) is 16.0. The Kier molecular flexibility index (Phi) is 15.2. The lowest BCUT2D eigenvalue weighted by atomic mass is 10.1. The second-order valence-electron chi connectivity index (χ2n) is 5.45. The molecule has 116 valence electrons. The maximum absolute atomic E-state index is 10.5. The summed E-state index contributed by atoms with van der Waals surface area (Å²) in [6.45, 7) is 2.25. The van der Waals surface area contributed by atoms with Crippen molar-refractivity contribution >= 4 is 5.91 Å². The molecule has 0 aromatic heterocycles. The molecule has 0 heterocycles. The highest BCUT2D eigenvalue weighted by Crippen LogP contribution is 2.06. The second-order valence-corrected chi connectivity index (χ2v) is 5.45. The SMILES string of the molecule is CCCCCC/C=C\C/C=C\CCCCCCC(N)=O. The largest absolute Gasteiger partial charge is 0.370 e. The minimum atomic E-state index is -0.175. The number of allylic oxidation sites excluding steroid dienone is 4. The molecule has 1 amide bonds. The molecule has 0 fully saturated rings. The van der Waals surface area contributed by atoms with Gasteiger partial charge in [-0.3, -0.25) is 4.79 Å². The van der Waals surface area contributed by atoms with E-state index in [4.69, 9.17) is 5.73 Å². The van der Waals surface area contributed by atoms with E-state index in [0.29, 0.717) is 6.42 Å². The van der Waals surface area contributed by atoms with Crippen LogP contribution in [0.4, 0.5) is 0 Å². The van der Waals surface area contributed by atoms with Gasteiger partial charge in [-0.05, 0) is 38.5 Å². The zero-order chi connectivity index (χ0) is 14.9. The maximum atomic E-state index is 10.5. The van der Waals surface area contributed by atoms with Gasteiger partial charge >= 0.3 is 0 Å². The van der Waals surface area contributed by atoms with Gasteiger partial charge in [0, 0.05) is 6.42 Å². The zero-order valence-electron chi connectivity index (χ0n) is 13.3. The third-order valence-electron chi connectivity index (χ3n) is 3.37. The average molecular weight is 279 g/mol.